The third-order valence-electron chi connectivity index (χ3n) is 1.17. The van der Waals surface area contributed by atoms with Crippen molar-refractivity contribution in [2.45, 2.75) is 6.92 Å². The standard InChI is InChI=1S/C5H7N3O2/c1-3-2-4(9)7-5(10)8(3)6/h2H,6H2,1H3,(H,7,9,10). The molecular formula is C5H7N3O2. The summed E-state index contributed by atoms with van der Waals surface area (Å²) in [4.78, 5) is 23.2. The minimum absolute atomic E-state index is 0.427. The van der Waals surface area contributed by atoms with Gasteiger partial charge in [-0.15, -0.1) is 0 Å². The maximum absolute atomic E-state index is 10.6. The second-order valence-electron chi connectivity index (χ2n) is 1.95. The molecule has 5 nitrogen and oxygen atoms in total. The highest BCUT2D eigenvalue weighted by Crippen LogP contribution is 1.78. The Morgan fingerprint density at radius 2 is 2.20 bits per heavy atom. The van der Waals surface area contributed by atoms with E-state index in [1.807, 2.05) is 4.98 Å². The summed E-state index contributed by atoms with van der Waals surface area (Å²) in [5, 5.41) is 0. The molecular weight excluding hydrogens is 134 g/mol. The average molecular weight is 141 g/mol. The summed E-state index contributed by atoms with van der Waals surface area (Å²) >= 11 is 0. The van der Waals surface area contributed by atoms with Gasteiger partial charge in [0.05, 0.1) is 0 Å². The number of aromatic amines is 1. The topological polar surface area (TPSA) is 80.9 Å². The predicted octanol–water partition coefficient (Wildman–Crippen LogP) is -1.44. The van der Waals surface area contributed by atoms with E-state index in [1.165, 1.54) is 6.07 Å². The molecule has 0 aliphatic rings. The number of nitrogens with zero attached hydrogens (tertiary/aromatic N) is 1. The van der Waals surface area contributed by atoms with Crippen molar-refractivity contribution in [1.82, 2.24) is 9.66 Å². The summed E-state index contributed by atoms with van der Waals surface area (Å²) in [6.07, 6.45) is 0. The van der Waals surface area contributed by atoms with Gasteiger partial charge in [0.15, 0.2) is 0 Å². The van der Waals surface area contributed by atoms with Crippen molar-refractivity contribution in [2.24, 2.45) is 0 Å². The van der Waals surface area contributed by atoms with Crippen LogP contribution in [0, 0.1) is 6.92 Å². The van der Waals surface area contributed by atoms with Crippen LogP contribution in [-0.2, 0) is 0 Å². The van der Waals surface area contributed by atoms with Crippen LogP contribution >= 0.6 is 0 Å². The normalized spacial score (nSPS) is 9.70. The van der Waals surface area contributed by atoms with Crippen LogP contribution in [0.5, 0.6) is 0 Å². The Bertz CT molecular complexity index is 349. The van der Waals surface area contributed by atoms with Gasteiger partial charge in [-0.1, -0.05) is 0 Å². The van der Waals surface area contributed by atoms with E-state index in [1.54, 1.807) is 6.92 Å². The molecule has 0 fully saturated rings. The molecule has 0 spiro atoms. The van der Waals surface area contributed by atoms with Gasteiger partial charge in [-0.25, -0.2) is 9.47 Å². The van der Waals surface area contributed by atoms with E-state index in [9.17, 15) is 9.59 Å². The van der Waals surface area contributed by atoms with E-state index < -0.39 is 11.2 Å². The van der Waals surface area contributed by atoms with Crippen LogP contribution < -0.4 is 17.1 Å². The van der Waals surface area contributed by atoms with Crippen LogP contribution in [0.4, 0.5) is 0 Å². The lowest BCUT2D eigenvalue weighted by Crippen LogP contribution is -2.35. The Hall–Kier alpha value is -1.52. The SMILES string of the molecule is Cc1cc(=O)[nH]c(=O)n1N. The van der Waals surface area contributed by atoms with Gasteiger partial charge >= 0.3 is 5.69 Å². The summed E-state index contributed by atoms with van der Waals surface area (Å²) < 4.78 is 0.876. The molecule has 1 rings (SSSR count). The van der Waals surface area contributed by atoms with Crippen LogP contribution in [0.25, 0.3) is 0 Å². The van der Waals surface area contributed by atoms with Gasteiger partial charge in [-0.05, 0) is 6.92 Å². The number of nitrogen functional groups attached to an aromatic ring is 1. The maximum Gasteiger partial charge on any atom is 0.346 e. The molecule has 5 heteroatoms. The number of aromatic nitrogens is 2. The van der Waals surface area contributed by atoms with Crippen LogP contribution in [0.2, 0.25) is 0 Å². The minimum atomic E-state index is -0.593. The smallest absolute Gasteiger partial charge is 0.335 e. The monoisotopic (exact) mass is 141 g/mol. The molecule has 0 aliphatic heterocycles. The average Bonchev–Trinajstić information content (AvgIpc) is 1.82. The molecule has 1 heterocycles. The van der Waals surface area contributed by atoms with E-state index >= 15 is 0 Å². The van der Waals surface area contributed by atoms with Crippen molar-refractivity contribution < 1.29 is 0 Å². The lowest BCUT2D eigenvalue weighted by molar-refractivity contribution is 0.818. The third-order valence-corrected chi connectivity index (χ3v) is 1.17. The Labute approximate surface area is 56.1 Å². The maximum atomic E-state index is 10.6. The number of aryl methyl sites for hydroxylation is 1. The summed E-state index contributed by atoms with van der Waals surface area (Å²) in [6.45, 7) is 1.58. The predicted molar refractivity (Wildman–Crippen MR) is 36.2 cm³/mol. The first-order chi connectivity index (χ1) is 4.61. The molecule has 10 heavy (non-hydrogen) atoms. The molecule has 1 aromatic rings. The molecule has 54 valence electrons. The highest BCUT2D eigenvalue weighted by molar-refractivity contribution is 4.97. The van der Waals surface area contributed by atoms with Crippen LogP contribution in [-0.4, -0.2) is 9.66 Å². The number of nitrogens with two attached hydrogens (primary N) is 1. The van der Waals surface area contributed by atoms with Gasteiger partial charge < -0.3 is 5.84 Å². The van der Waals surface area contributed by atoms with Crippen molar-refractivity contribution in [3.63, 3.8) is 0 Å². The van der Waals surface area contributed by atoms with E-state index in [0.717, 1.165) is 4.68 Å². The first-order valence-corrected chi connectivity index (χ1v) is 2.69. The Morgan fingerprint density at radius 3 is 2.70 bits per heavy atom. The number of hydrogen-bond acceptors (Lipinski definition) is 3. The molecule has 3 N–H and O–H groups in total. The molecule has 0 atom stereocenters. The Kier molecular flexibility index (Phi) is 1.33. The van der Waals surface area contributed by atoms with Crippen molar-refractivity contribution in [3.05, 3.63) is 32.6 Å². The summed E-state index contributed by atoms with van der Waals surface area (Å²) in [5.74, 6) is 5.18. The second kappa shape index (κ2) is 2.02. The van der Waals surface area contributed by atoms with Gasteiger partial charge in [0.25, 0.3) is 5.56 Å². The summed E-state index contributed by atoms with van der Waals surface area (Å²) in [5.41, 5.74) is -0.581. The minimum Gasteiger partial charge on any atom is -0.335 e. The van der Waals surface area contributed by atoms with Crippen molar-refractivity contribution in [1.29, 1.82) is 0 Å². The summed E-state index contributed by atoms with van der Waals surface area (Å²) in [7, 11) is 0. The van der Waals surface area contributed by atoms with Crippen molar-refractivity contribution in [2.75, 3.05) is 5.84 Å². The number of rotatable bonds is 0. The molecule has 0 bridgehead atoms. The zero-order valence-corrected chi connectivity index (χ0v) is 5.42. The van der Waals surface area contributed by atoms with Gasteiger partial charge in [-0.2, -0.15) is 0 Å². The van der Waals surface area contributed by atoms with Gasteiger partial charge in [0.1, 0.15) is 0 Å². The van der Waals surface area contributed by atoms with Crippen molar-refractivity contribution in [3.8, 4) is 0 Å². The van der Waals surface area contributed by atoms with E-state index in [4.69, 9.17) is 5.84 Å². The highest BCUT2D eigenvalue weighted by Gasteiger charge is 1.94. The first-order valence-electron chi connectivity index (χ1n) is 2.69. The number of H-pyrrole nitrogens is 1. The van der Waals surface area contributed by atoms with E-state index in [2.05, 4.69) is 0 Å². The fourth-order valence-corrected chi connectivity index (χ4v) is 0.621. The Morgan fingerprint density at radius 1 is 1.60 bits per heavy atom. The van der Waals surface area contributed by atoms with Crippen LogP contribution in [0.1, 0.15) is 5.69 Å². The van der Waals surface area contributed by atoms with Crippen molar-refractivity contribution >= 4 is 0 Å². The molecule has 0 saturated carbocycles. The second-order valence-corrected chi connectivity index (χ2v) is 1.95. The zero-order chi connectivity index (χ0) is 7.72. The molecule has 1 aromatic heterocycles. The molecule has 0 radical (unpaired) electrons. The largest absolute Gasteiger partial charge is 0.346 e. The fourth-order valence-electron chi connectivity index (χ4n) is 0.621. The Balaban J connectivity index is 3.62. The number of hydrogen-bond donors (Lipinski definition) is 2. The quantitative estimate of drug-likeness (QED) is 0.434. The molecule has 0 unspecified atom stereocenters. The van der Waals surface area contributed by atoms with Gasteiger partial charge in [-0.3, -0.25) is 9.78 Å². The van der Waals surface area contributed by atoms with Crippen LogP contribution in [0.3, 0.4) is 0 Å². The lowest BCUT2D eigenvalue weighted by Gasteiger charge is -1.97. The zero-order valence-electron chi connectivity index (χ0n) is 5.42. The van der Waals surface area contributed by atoms with E-state index in [-0.39, 0.29) is 0 Å². The number of nitrogens with one attached hydrogen (secondary N) is 1. The van der Waals surface area contributed by atoms with E-state index in [0.29, 0.717) is 5.69 Å². The lowest BCUT2D eigenvalue weighted by atomic mass is 10.4. The highest BCUT2D eigenvalue weighted by atomic mass is 16.2. The molecule has 0 saturated heterocycles. The first kappa shape index (κ1) is 6.60. The fraction of sp³-hybridized carbons (Fsp3) is 0.200. The summed E-state index contributed by atoms with van der Waals surface area (Å²) in [6, 6.07) is 1.25. The molecule has 0 aromatic carbocycles. The van der Waals surface area contributed by atoms with Gasteiger partial charge in [0, 0.05) is 11.8 Å². The van der Waals surface area contributed by atoms with Gasteiger partial charge in [0.2, 0.25) is 0 Å². The third kappa shape index (κ3) is 0.928. The molecule has 0 amide bonds. The van der Waals surface area contributed by atoms with Crippen LogP contribution in [0.15, 0.2) is 15.7 Å². The molecule has 0 aliphatic carbocycles.